The molecule has 0 unspecified atom stereocenters. The van der Waals surface area contributed by atoms with Crippen molar-refractivity contribution in [2.45, 2.75) is 32.6 Å². The Balaban J connectivity index is 1.68. The zero-order chi connectivity index (χ0) is 16.9. The molecule has 6 heteroatoms. The van der Waals surface area contributed by atoms with E-state index >= 15 is 0 Å². The number of rotatable bonds is 1. The number of carbonyl (C=O) groups is 1. The number of benzene rings is 1. The summed E-state index contributed by atoms with van der Waals surface area (Å²) in [7, 11) is 0. The number of fused-ring (bicyclic) bond motifs is 2. The van der Waals surface area contributed by atoms with Gasteiger partial charge in [-0.3, -0.25) is 4.79 Å². The minimum absolute atomic E-state index is 0.0188. The molecule has 0 saturated heterocycles. The van der Waals surface area contributed by atoms with Gasteiger partial charge in [-0.2, -0.15) is 4.52 Å². The molecule has 0 aliphatic carbocycles. The molecular weight excluding hydrogens is 302 g/mol. The molecule has 0 N–H and O–H groups in total. The fraction of sp³-hybridized carbons (Fsp3) is 0.333. The highest BCUT2D eigenvalue weighted by atomic mass is 16.2. The number of tetrazole rings is 1. The molecule has 0 atom stereocenters. The maximum absolute atomic E-state index is 12.9. The van der Waals surface area contributed by atoms with Crippen LogP contribution >= 0.6 is 0 Å². The Morgan fingerprint density at radius 2 is 2.00 bits per heavy atom. The van der Waals surface area contributed by atoms with Gasteiger partial charge >= 0.3 is 0 Å². The van der Waals surface area contributed by atoms with Gasteiger partial charge in [0.05, 0.1) is 5.56 Å². The lowest BCUT2D eigenvalue weighted by Crippen LogP contribution is -2.29. The summed E-state index contributed by atoms with van der Waals surface area (Å²) in [6.07, 6.45) is 2.57. The summed E-state index contributed by atoms with van der Waals surface area (Å²) in [6, 6.07) is 9.95. The summed E-state index contributed by atoms with van der Waals surface area (Å²) < 4.78 is 1.52. The topological polar surface area (TPSA) is 63.4 Å². The van der Waals surface area contributed by atoms with Gasteiger partial charge in [-0.15, -0.1) is 5.10 Å². The first-order valence-electron chi connectivity index (χ1n) is 8.06. The van der Waals surface area contributed by atoms with Gasteiger partial charge in [-0.1, -0.05) is 32.9 Å². The molecule has 24 heavy (non-hydrogen) atoms. The first kappa shape index (κ1) is 14.8. The van der Waals surface area contributed by atoms with Crippen molar-refractivity contribution in [3.8, 4) is 0 Å². The van der Waals surface area contributed by atoms with E-state index < -0.39 is 0 Å². The second kappa shape index (κ2) is 5.12. The van der Waals surface area contributed by atoms with Gasteiger partial charge in [0.1, 0.15) is 0 Å². The summed E-state index contributed by atoms with van der Waals surface area (Å²) in [4.78, 5) is 14.7. The van der Waals surface area contributed by atoms with Crippen LogP contribution in [0.3, 0.4) is 0 Å². The largest absolute Gasteiger partial charge is 0.308 e. The third-order valence-corrected chi connectivity index (χ3v) is 4.52. The smallest absolute Gasteiger partial charge is 0.259 e. The maximum atomic E-state index is 12.9. The number of carbonyl (C=O) groups excluding carboxylic acids is 1. The highest BCUT2D eigenvalue weighted by molar-refractivity contribution is 6.07. The van der Waals surface area contributed by atoms with E-state index in [2.05, 4.69) is 54.5 Å². The van der Waals surface area contributed by atoms with Crippen LogP contribution in [0.15, 0.2) is 36.5 Å². The standard InChI is InChI=1S/C18H19N5O/c1-18(2,3)14-5-6-15-12(10-14)8-9-22(15)17(24)13-4-7-16-19-20-21-23(16)11-13/h4-7,10-11H,8-9H2,1-3H3. The third-order valence-electron chi connectivity index (χ3n) is 4.52. The average Bonchev–Trinajstić information content (AvgIpc) is 3.18. The summed E-state index contributed by atoms with van der Waals surface area (Å²) >= 11 is 0. The zero-order valence-electron chi connectivity index (χ0n) is 14.0. The lowest BCUT2D eigenvalue weighted by atomic mass is 9.86. The minimum Gasteiger partial charge on any atom is -0.308 e. The molecule has 0 fully saturated rings. The van der Waals surface area contributed by atoms with E-state index in [0.29, 0.717) is 17.8 Å². The van der Waals surface area contributed by atoms with Crippen LogP contribution in [0.5, 0.6) is 0 Å². The molecule has 1 aliphatic heterocycles. The number of amides is 1. The number of anilines is 1. The number of aromatic nitrogens is 4. The summed E-state index contributed by atoms with van der Waals surface area (Å²) in [5.41, 5.74) is 4.86. The van der Waals surface area contributed by atoms with Gasteiger partial charge in [0, 0.05) is 18.4 Å². The van der Waals surface area contributed by atoms with Crippen LogP contribution in [-0.4, -0.2) is 32.5 Å². The molecular formula is C18H19N5O. The lowest BCUT2D eigenvalue weighted by molar-refractivity contribution is 0.0989. The fourth-order valence-corrected chi connectivity index (χ4v) is 3.10. The predicted molar refractivity (Wildman–Crippen MR) is 91.3 cm³/mol. The van der Waals surface area contributed by atoms with Gasteiger partial charge in [0.25, 0.3) is 5.91 Å². The quantitative estimate of drug-likeness (QED) is 0.691. The maximum Gasteiger partial charge on any atom is 0.259 e. The van der Waals surface area contributed by atoms with Crippen molar-refractivity contribution in [1.29, 1.82) is 0 Å². The first-order valence-corrected chi connectivity index (χ1v) is 8.06. The van der Waals surface area contributed by atoms with E-state index in [1.165, 1.54) is 15.6 Å². The minimum atomic E-state index is -0.0188. The van der Waals surface area contributed by atoms with E-state index in [1.54, 1.807) is 18.3 Å². The molecule has 0 spiro atoms. The monoisotopic (exact) mass is 321 g/mol. The van der Waals surface area contributed by atoms with Crippen molar-refractivity contribution in [1.82, 2.24) is 20.0 Å². The van der Waals surface area contributed by atoms with Crippen molar-refractivity contribution < 1.29 is 4.79 Å². The van der Waals surface area contributed by atoms with Crippen LogP contribution in [0, 0.1) is 0 Å². The van der Waals surface area contributed by atoms with Gasteiger partial charge < -0.3 is 4.90 Å². The Hall–Kier alpha value is -2.76. The van der Waals surface area contributed by atoms with E-state index in [0.717, 1.165) is 12.1 Å². The molecule has 3 heterocycles. The highest BCUT2D eigenvalue weighted by Crippen LogP contribution is 2.33. The average molecular weight is 321 g/mol. The van der Waals surface area contributed by atoms with Crippen LogP contribution in [-0.2, 0) is 11.8 Å². The normalized spacial score (nSPS) is 14.2. The molecule has 3 aromatic rings. The molecule has 0 bridgehead atoms. The Morgan fingerprint density at radius 1 is 1.17 bits per heavy atom. The SMILES string of the molecule is CC(C)(C)c1ccc2c(c1)CCN2C(=O)c1ccc2nnnn2c1. The van der Waals surface area contributed by atoms with E-state index in [9.17, 15) is 4.79 Å². The first-order chi connectivity index (χ1) is 11.4. The molecule has 1 aromatic carbocycles. The van der Waals surface area contributed by atoms with Crippen LogP contribution < -0.4 is 4.90 Å². The van der Waals surface area contributed by atoms with Crippen molar-refractivity contribution in [2.75, 3.05) is 11.4 Å². The molecule has 6 nitrogen and oxygen atoms in total. The molecule has 0 radical (unpaired) electrons. The molecule has 1 amide bonds. The Labute approximate surface area is 140 Å². The number of hydrogen-bond acceptors (Lipinski definition) is 4. The fourth-order valence-electron chi connectivity index (χ4n) is 3.10. The number of pyridine rings is 1. The molecule has 122 valence electrons. The molecule has 2 aromatic heterocycles. The lowest BCUT2D eigenvalue weighted by Gasteiger charge is -2.21. The van der Waals surface area contributed by atoms with Crippen LogP contribution in [0.2, 0.25) is 0 Å². The van der Waals surface area contributed by atoms with Crippen molar-refractivity contribution in [2.24, 2.45) is 0 Å². The van der Waals surface area contributed by atoms with E-state index in [1.807, 2.05) is 4.90 Å². The van der Waals surface area contributed by atoms with E-state index in [4.69, 9.17) is 0 Å². The summed E-state index contributed by atoms with van der Waals surface area (Å²) in [6.45, 7) is 7.31. The number of hydrogen-bond donors (Lipinski definition) is 0. The van der Waals surface area contributed by atoms with Crippen molar-refractivity contribution >= 4 is 17.2 Å². The van der Waals surface area contributed by atoms with Crippen LogP contribution in [0.4, 0.5) is 5.69 Å². The van der Waals surface area contributed by atoms with Crippen molar-refractivity contribution in [3.05, 3.63) is 53.2 Å². The second-order valence-electron chi connectivity index (χ2n) is 7.20. The summed E-state index contributed by atoms with van der Waals surface area (Å²) in [5, 5.41) is 11.3. The highest BCUT2D eigenvalue weighted by Gasteiger charge is 2.27. The second-order valence-corrected chi connectivity index (χ2v) is 7.20. The molecule has 1 aliphatic rings. The van der Waals surface area contributed by atoms with Gasteiger partial charge in [0.15, 0.2) is 5.65 Å². The van der Waals surface area contributed by atoms with Crippen LogP contribution in [0.25, 0.3) is 5.65 Å². The Morgan fingerprint density at radius 3 is 2.79 bits per heavy atom. The zero-order valence-corrected chi connectivity index (χ0v) is 14.0. The van der Waals surface area contributed by atoms with Gasteiger partial charge in [-0.25, -0.2) is 0 Å². The Bertz CT molecular complexity index is 938. The third kappa shape index (κ3) is 2.35. The Kier molecular flexibility index (Phi) is 3.16. The van der Waals surface area contributed by atoms with Gasteiger partial charge in [0.2, 0.25) is 0 Å². The number of nitrogens with zero attached hydrogens (tertiary/aromatic N) is 5. The van der Waals surface area contributed by atoms with Crippen LogP contribution in [0.1, 0.15) is 42.3 Å². The molecule has 0 saturated carbocycles. The summed E-state index contributed by atoms with van der Waals surface area (Å²) in [5.74, 6) is -0.0188. The molecule has 4 rings (SSSR count). The van der Waals surface area contributed by atoms with E-state index in [-0.39, 0.29) is 11.3 Å². The predicted octanol–water partition coefficient (Wildman–Crippen LogP) is 2.62. The van der Waals surface area contributed by atoms with Crippen molar-refractivity contribution in [3.63, 3.8) is 0 Å². The van der Waals surface area contributed by atoms with Gasteiger partial charge in [-0.05, 0) is 51.6 Å².